The Morgan fingerprint density at radius 2 is 2.11 bits per heavy atom. The zero-order valence-electron chi connectivity index (χ0n) is 11.3. The zero-order valence-corrected chi connectivity index (χ0v) is 12.9. The van der Waals surface area contributed by atoms with Crippen LogP contribution in [0.1, 0.15) is 33.1 Å². The van der Waals surface area contributed by atoms with Crippen LogP contribution in [-0.4, -0.2) is 30.1 Å². The van der Waals surface area contributed by atoms with Gasteiger partial charge in [0.15, 0.2) is 0 Å². The maximum Gasteiger partial charge on any atom is 0.0353 e. The summed E-state index contributed by atoms with van der Waals surface area (Å²) in [6, 6.07) is 9.75. The van der Waals surface area contributed by atoms with Gasteiger partial charge in [-0.3, -0.25) is 0 Å². The number of nitrogens with one attached hydrogen (secondary N) is 1. The van der Waals surface area contributed by atoms with Crippen molar-refractivity contribution >= 4 is 21.6 Å². The Morgan fingerprint density at radius 1 is 1.28 bits per heavy atom. The quantitative estimate of drug-likeness (QED) is 0.903. The average molecular weight is 311 g/mol. The molecular formula is C15H23BrN2. The zero-order chi connectivity index (χ0) is 13.0. The van der Waals surface area contributed by atoms with E-state index in [4.69, 9.17) is 0 Å². The van der Waals surface area contributed by atoms with E-state index < -0.39 is 0 Å². The predicted octanol–water partition coefficient (Wildman–Crippen LogP) is 4.12. The highest BCUT2D eigenvalue weighted by atomic mass is 79.9. The van der Waals surface area contributed by atoms with Crippen LogP contribution in [0.2, 0.25) is 0 Å². The van der Waals surface area contributed by atoms with Crippen molar-refractivity contribution in [2.45, 2.75) is 45.2 Å². The van der Waals surface area contributed by atoms with E-state index >= 15 is 0 Å². The first-order valence-electron chi connectivity index (χ1n) is 6.91. The van der Waals surface area contributed by atoms with Crippen LogP contribution >= 0.6 is 15.9 Å². The third-order valence-electron chi connectivity index (χ3n) is 3.69. The molecule has 1 aliphatic rings. The second-order valence-corrected chi connectivity index (χ2v) is 6.33. The van der Waals surface area contributed by atoms with Gasteiger partial charge in [0.1, 0.15) is 0 Å². The summed E-state index contributed by atoms with van der Waals surface area (Å²) in [7, 11) is 0. The standard InChI is InChI=1S/C15H23BrN2/c1-12(2)18-9-4-7-14(8-10-18)17-15-6-3-5-13(16)11-15/h3,5-6,11-12,14,17H,4,7-10H2,1-2H3. The van der Waals surface area contributed by atoms with Crippen molar-refractivity contribution in [2.24, 2.45) is 0 Å². The number of benzene rings is 1. The summed E-state index contributed by atoms with van der Waals surface area (Å²) in [5, 5.41) is 3.66. The number of likely N-dealkylation sites (tertiary alicyclic amines) is 1. The van der Waals surface area contributed by atoms with Crippen LogP contribution in [0.3, 0.4) is 0 Å². The fraction of sp³-hybridized carbons (Fsp3) is 0.600. The highest BCUT2D eigenvalue weighted by Gasteiger charge is 2.18. The van der Waals surface area contributed by atoms with Crippen LogP contribution in [0.4, 0.5) is 5.69 Å². The summed E-state index contributed by atoms with van der Waals surface area (Å²) in [4.78, 5) is 2.59. The summed E-state index contributed by atoms with van der Waals surface area (Å²) < 4.78 is 1.14. The first kappa shape index (κ1) is 13.9. The van der Waals surface area contributed by atoms with Crippen LogP contribution in [0.15, 0.2) is 28.7 Å². The van der Waals surface area contributed by atoms with Crippen molar-refractivity contribution in [1.82, 2.24) is 4.90 Å². The number of hydrogen-bond donors (Lipinski definition) is 1. The smallest absolute Gasteiger partial charge is 0.0353 e. The lowest BCUT2D eigenvalue weighted by Gasteiger charge is -2.24. The Kier molecular flexibility index (Phi) is 5.07. The molecule has 1 aromatic carbocycles. The van der Waals surface area contributed by atoms with Crippen molar-refractivity contribution < 1.29 is 0 Å². The highest BCUT2D eigenvalue weighted by molar-refractivity contribution is 9.10. The molecule has 0 aromatic heterocycles. The molecule has 0 aliphatic carbocycles. The lowest BCUT2D eigenvalue weighted by atomic mass is 10.1. The third-order valence-corrected chi connectivity index (χ3v) is 4.18. The van der Waals surface area contributed by atoms with Crippen molar-refractivity contribution in [3.63, 3.8) is 0 Å². The highest BCUT2D eigenvalue weighted by Crippen LogP contribution is 2.20. The lowest BCUT2D eigenvalue weighted by Crippen LogP contribution is -2.32. The van der Waals surface area contributed by atoms with Crippen LogP contribution in [-0.2, 0) is 0 Å². The number of hydrogen-bond acceptors (Lipinski definition) is 2. The number of nitrogens with zero attached hydrogens (tertiary/aromatic N) is 1. The molecule has 0 spiro atoms. The van der Waals surface area contributed by atoms with Gasteiger partial charge in [-0.2, -0.15) is 0 Å². The minimum atomic E-state index is 0.614. The molecule has 1 aliphatic heterocycles. The van der Waals surface area contributed by atoms with E-state index in [1.807, 2.05) is 0 Å². The van der Waals surface area contributed by atoms with Crippen LogP contribution < -0.4 is 5.32 Å². The Labute approximate surface area is 119 Å². The SMILES string of the molecule is CC(C)N1CCCC(Nc2cccc(Br)c2)CC1. The van der Waals surface area contributed by atoms with E-state index in [-0.39, 0.29) is 0 Å². The summed E-state index contributed by atoms with van der Waals surface area (Å²) in [5.41, 5.74) is 1.23. The van der Waals surface area contributed by atoms with Crippen LogP contribution in [0.5, 0.6) is 0 Å². The summed E-state index contributed by atoms with van der Waals surface area (Å²) in [6.45, 7) is 7.04. The van der Waals surface area contributed by atoms with Crippen LogP contribution in [0.25, 0.3) is 0 Å². The molecule has 0 bridgehead atoms. The Morgan fingerprint density at radius 3 is 2.83 bits per heavy atom. The van der Waals surface area contributed by atoms with Crippen LogP contribution in [0, 0.1) is 0 Å². The Balaban J connectivity index is 1.91. The van der Waals surface area contributed by atoms with E-state index in [9.17, 15) is 0 Å². The van der Waals surface area contributed by atoms with Crippen molar-refractivity contribution in [1.29, 1.82) is 0 Å². The largest absolute Gasteiger partial charge is 0.382 e. The predicted molar refractivity (Wildman–Crippen MR) is 82.1 cm³/mol. The molecular weight excluding hydrogens is 288 g/mol. The molecule has 3 heteroatoms. The van der Waals surface area contributed by atoms with E-state index in [0.29, 0.717) is 12.1 Å². The fourth-order valence-electron chi connectivity index (χ4n) is 2.59. The molecule has 1 saturated heterocycles. The van der Waals surface area contributed by atoms with Gasteiger partial charge in [0, 0.05) is 28.8 Å². The average Bonchev–Trinajstić information content (AvgIpc) is 2.55. The molecule has 1 N–H and O–H groups in total. The maximum absolute atomic E-state index is 3.66. The van der Waals surface area contributed by atoms with Gasteiger partial charge in [0.25, 0.3) is 0 Å². The van der Waals surface area contributed by atoms with Gasteiger partial charge < -0.3 is 10.2 Å². The molecule has 2 nitrogen and oxygen atoms in total. The van der Waals surface area contributed by atoms with E-state index in [1.165, 1.54) is 38.0 Å². The van der Waals surface area contributed by atoms with Crippen molar-refractivity contribution in [3.8, 4) is 0 Å². The monoisotopic (exact) mass is 310 g/mol. The van der Waals surface area contributed by atoms with Crippen molar-refractivity contribution in [3.05, 3.63) is 28.7 Å². The molecule has 0 radical (unpaired) electrons. The third kappa shape index (κ3) is 3.99. The van der Waals surface area contributed by atoms with Gasteiger partial charge in [-0.05, 0) is 57.9 Å². The van der Waals surface area contributed by atoms with Gasteiger partial charge in [-0.15, -0.1) is 0 Å². The number of anilines is 1. The molecule has 1 heterocycles. The molecule has 0 amide bonds. The summed E-state index contributed by atoms with van der Waals surface area (Å²) in [5.74, 6) is 0. The maximum atomic E-state index is 3.66. The van der Waals surface area contributed by atoms with Gasteiger partial charge >= 0.3 is 0 Å². The molecule has 100 valence electrons. The van der Waals surface area contributed by atoms with E-state index in [1.54, 1.807) is 0 Å². The Bertz CT molecular complexity index is 379. The first-order chi connectivity index (χ1) is 8.65. The molecule has 18 heavy (non-hydrogen) atoms. The second-order valence-electron chi connectivity index (χ2n) is 5.41. The van der Waals surface area contributed by atoms with Crippen molar-refractivity contribution in [2.75, 3.05) is 18.4 Å². The number of halogens is 1. The summed E-state index contributed by atoms with van der Waals surface area (Å²) >= 11 is 3.52. The topological polar surface area (TPSA) is 15.3 Å². The fourth-order valence-corrected chi connectivity index (χ4v) is 2.99. The van der Waals surface area contributed by atoms with Gasteiger partial charge in [0.2, 0.25) is 0 Å². The number of rotatable bonds is 3. The minimum Gasteiger partial charge on any atom is -0.382 e. The van der Waals surface area contributed by atoms with Gasteiger partial charge in [-0.25, -0.2) is 0 Å². The van der Waals surface area contributed by atoms with Gasteiger partial charge in [-0.1, -0.05) is 22.0 Å². The molecule has 2 rings (SSSR count). The van der Waals surface area contributed by atoms with Gasteiger partial charge in [0.05, 0.1) is 0 Å². The normalized spacial score (nSPS) is 21.9. The summed E-state index contributed by atoms with van der Waals surface area (Å²) in [6.07, 6.45) is 3.81. The molecule has 0 saturated carbocycles. The molecule has 1 fully saturated rings. The molecule has 1 aromatic rings. The first-order valence-corrected chi connectivity index (χ1v) is 7.70. The van der Waals surface area contributed by atoms with E-state index in [2.05, 4.69) is 64.3 Å². The second kappa shape index (κ2) is 6.58. The molecule has 1 unspecified atom stereocenters. The minimum absolute atomic E-state index is 0.614. The molecule has 1 atom stereocenters. The van der Waals surface area contributed by atoms with E-state index in [0.717, 1.165) is 4.47 Å². The lowest BCUT2D eigenvalue weighted by molar-refractivity contribution is 0.230. The Hall–Kier alpha value is -0.540.